The highest BCUT2D eigenvalue weighted by Crippen LogP contribution is 2.10. The first-order valence-corrected chi connectivity index (χ1v) is 8.57. The van der Waals surface area contributed by atoms with E-state index >= 15 is 0 Å². The highest BCUT2D eigenvalue weighted by Gasteiger charge is 2.18. The maximum atomic E-state index is 11.7. The van der Waals surface area contributed by atoms with Gasteiger partial charge in [-0.05, 0) is 12.8 Å². The molecular formula is C17H31NO4. The minimum Gasteiger partial charge on any atom is -0.480 e. The highest BCUT2D eigenvalue weighted by molar-refractivity contribution is 5.83. The molecule has 0 unspecified atom stereocenters. The number of hydrogen-bond donors (Lipinski definition) is 2. The average molecular weight is 313 g/mol. The molecule has 5 heteroatoms. The third-order valence-electron chi connectivity index (χ3n) is 3.71. The lowest BCUT2D eigenvalue weighted by Crippen LogP contribution is -2.40. The number of amides is 1. The largest absolute Gasteiger partial charge is 0.480 e. The molecule has 5 nitrogen and oxygen atoms in total. The van der Waals surface area contributed by atoms with E-state index in [2.05, 4.69) is 12.2 Å². The molecule has 0 aliphatic heterocycles. The van der Waals surface area contributed by atoms with Gasteiger partial charge in [-0.3, -0.25) is 4.79 Å². The minimum absolute atomic E-state index is 0.148. The van der Waals surface area contributed by atoms with Crippen LogP contribution >= 0.6 is 0 Å². The molecule has 0 rings (SSSR count). The third kappa shape index (κ3) is 12.4. The van der Waals surface area contributed by atoms with E-state index in [4.69, 9.17) is 5.11 Å². The number of aliphatic carboxylic acids is 1. The first-order chi connectivity index (χ1) is 10.6. The van der Waals surface area contributed by atoms with Gasteiger partial charge in [0.1, 0.15) is 12.3 Å². The molecule has 0 heterocycles. The molecule has 0 fully saturated rings. The van der Waals surface area contributed by atoms with Crippen molar-refractivity contribution in [3.05, 3.63) is 0 Å². The SMILES string of the molecule is CCCCCCCCCCCC(=O)N[C@@H](CCC=O)C(=O)O. The van der Waals surface area contributed by atoms with E-state index < -0.39 is 12.0 Å². The molecule has 0 aliphatic carbocycles. The Kier molecular flexibility index (Phi) is 13.6. The summed E-state index contributed by atoms with van der Waals surface area (Å²) in [4.78, 5) is 32.9. The molecule has 0 saturated carbocycles. The molecule has 0 aromatic carbocycles. The van der Waals surface area contributed by atoms with Crippen LogP contribution in [0.4, 0.5) is 0 Å². The second-order valence-corrected chi connectivity index (χ2v) is 5.78. The van der Waals surface area contributed by atoms with Crippen LogP contribution < -0.4 is 5.32 Å². The topological polar surface area (TPSA) is 83.5 Å². The smallest absolute Gasteiger partial charge is 0.326 e. The first-order valence-electron chi connectivity index (χ1n) is 8.57. The Bertz CT molecular complexity index is 318. The molecule has 1 amide bonds. The molecule has 2 N–H and O–H groups in total. The Morgan fingerprint density at radius 1 is 1.00 bits per heavy atom. The van der Waals surface area contributed by atoms with Gasteiger partial charge in [-0.25, -0.2) is 4.79 Å². The number of nitrogens with one attached hydrogen (secondary N) is 1. The Labute approximate surface area is 133 Å². The number of carboxylic acid groups (broad SMARTS) is 1. The number of hydrogen-bond acceptors (Lipinski definition) is 3. The van der Waals surface area contributed by atoms with E-state index in [-0.39, 0.29) is 18.7 Å². The number of carbonyl (C=O) groups excluding carboxylic acids is 2. The molecule has 0 spiro atoms. The molecule has 0 saturated heterocycles. The van der Waals surface area contributed by atoms with Gasteiger partial charge in [-0.15, -0.1) is 0 Å². The molecular weight excluding hydrogens is 282 g/mol. The normalized spacial score (nSPS) is 11.9. The summed E-state index contributed by atoms with van der Waals surface area (Å²) in [7, 11) is 0. The van der Waals surface area contributed by atoms with E-state index in [1.165, 1.54) is 38.5 Å². The lowest BCUT2D eigenvalue weighted by Gasteiger charge is -2.13. The van der Waals surface area contributed by atoms with Crippen molar-refractivity contribution >= 4 is 18.2 Å². The van der Waals surface area contributed by atoms with Crippen LogP contribution in [0.2, 0.25) is 0 Å². The van der Waals surface area contributed by atoms with Crippen molar-refractivity contribution in [1.82, 2.24) is 5.32 Å². The fourth-order valence-electron chi connectivity index (χ4n) is 2.35. The average Bonchev–Trinajstić information content (AvgIpc) is 2.49. The van der Waals surface area contributed by atoms with Crippen LogP contribution in [0.1, 0.15) is 84.0 Å². The Morgan fingerprint density at radius 3 is 2.05 bits per heavy atom. The number of carbonyl (C=O) groups is 3. The van der Waals surface area contributed by atoms with Gasteiger partial charge in [0.25, 0.3) is 0 Å². The molecule has 0 aromatic rings. The van der Waals surface area contributed by atoms with Crippen LogP contribution in [0.5, 0.6) is 0 Å². The van der Waals surface area contributed by atoms with Gasteiger partial charge in [0, 0.05) is 12.8 Å². The Balaban J connectivity index is 3.59. The van der Waals surface area contributed by atoms with Crippen LogP contribution in [0, 0.1) is 0 Å². The van der Waals surface area contributed by atoms with E-state index in [9.17, 15) is 14.4 Å². The summed E-state index contributed by atoms with van der Waals surface area (Å²) in [5.74, 6) is -1.32. The summed E-state index contributed by atoms with van der Waals surface area (Å²) in [6, 6.07) is -0.948. The van der Waals surface area contributed by atoms with Crippen LogP contribution in [-0.2, 0) is 14.4 Å². The van der Waals surface area contributed by atoms with E-state index in [0.717, 1.165) is 19.3 Å². The monoisotopic (exact) mass is 313 g/mol. The molecule has 22 heavy (non-hydrogen) atoms. The Morgan fingerprint density at radius 2 is 1.55 bits per heavy atom. The third-order valence-corrected chi connectivity index (χ3v) is 3.71. The Hall–Kier alpha value is -1.39. The van der Waals surface area contributed by atoms with E-state index in [0.29, 0.717) is 12.7 Å². The van der Waals surface area contributed by atoms with Gasteiger partial charge in [0.2, 0.25) is 5.91 Å². The lowest BCUT2D eigenvalue weighted by molar-refractivity contribution is -0.142. The number of aldehydes is 1. The van der Waals surface area contributed by atoms with Crippen molar-refractivity contribution in [2.24, 2.45) is 0 Å². The second kappa shape index (κ2) is 14.5. The van der Waals surface area contributed by atoms with Gasteiger partial charge in [0.05, 0.1) is 0 Å². The number of rotatable bonds is 15. The molecule has 0 radical (unpaired) electrons. The molecule has 0 aromatic heterocycles. The van der Waals surface area contributed by atoms with Gasteiger partial charge < -0.3 is 15.2 Å². The van der Waals surface area contributed by atoms with Gasteiger partial charge in [-0.2, -0.15) is 0 Å². The quantitative estimate of drug-likeness (QED) is 0.358. The summed E-state index contributed by atoms with van der Waals surface area (Å²) in [5, 5.41) is 11.4. The predicted octanol–water partition coefficient (Wildman–Crippen LogP) is 3.46. The standard InChI is InChI=1S/C17H31NO4/c1-2-3-4-5-6-7-8-9-10-13-16(20)18-15(17(21)22)12-11-14-19/h14-15H,2-13H2,1H3,(H,18,20)(H,21,22)/t15-/m0/s1. The van der Waals surface area contributed by atoms with E-state index in [1.54, 1.807) is 0 Å². The van der Waals surface area contributed by atoms with Crippen molar-refractivity contribution in [3.8, 4) is 0 Å². The van der Waals surface area contributed by atoms with Crippen LogP contribution in [0.25, 0.3) is 0 Å². The summed E-state index contributed by atoms with van der Waals surface area (Å²) in [6.07, 6.45) is 11.9. The van der Waals surface area contributed by atoms with Crippen molar-refractivity contribution in [3.63, 3.8) is 0 Å². The summed E-state index contributed by atoms with van der Waals surface area (Å²) in [6.45, 7) is 2.21. The van der Waals surface area contributed by atoms with Crippen molar-refractivity contribution in [1.29, 1.82) is 0 Å². The first kappa shape index (κ1) is 20.6. The fourth-order valence-corrected chi connectivity index (χ4v) is 2.35. The fraction of sp³-hybridized carbons (Fsp3) is 0.824. The summed E-state index contributed by atoms with van der Waals surface area (Å²) in [5.41, 5.74) is 0. The lowest BCUT2D eigenvalue weighted by atomic mass is 10.1. The van der Waals surface area contributed by atoms with Crippen molar-refractivity contribution < 1.29 is 19.5 Å². The number of unbranched alkanes of at least 4 members (excludes halogenated alkanes) is 8. The zero-order valence-corrected chi connectivity index (χ0v) is 13.8. The zero-order valence-electron chi connectivity index (χ0n) is 13.8. The molecule has 1 atom stereocenters. The number of carboxylic acids is 1. The minimum atomic E-state index is -1.08. The van der Waals surface area contributed by atoms with Crippen LogP contribution in [0.15, 0.2) is 0 Å². The van der Waals surface area contributed by atoms with Gasteiger partial charge in [0.15, 0.2) is 0 Å². The van der Waals surface area contributed by atoms with Crippen LogP contribution in [0.3, 0.4) is 0 Å². The van der Waals surface area contributed by atoms with Crippen molar-refractivity contribution in [2.45, 2.75) is 90.0 Å². The van der Waals surface area contributed by atoms with Crippen molar-refractivity contribution in [2.75, 3.05) is 0 Å². The van der Waals surface area contributed by atoms with Gasteiger partial charge in [-0.1, -0.05) is 58.3 Å². The van der Waals surface area contributed by atoms with E-state index in [1.807, 2.05) is 0 Å². The summed E-state index contributed by atoms with van der Waals surface area (Å²) >= 11 is 0. The van der Waals surface area contributed by atoms with Crippen LogP contribution in [-0.4, -0.2) is 29.3 Å². The second-order valence-electron chi connectivity index (χ2n) is 5.78. The molecule has 0 aliphatic rings. The predicted molar refractivity (Wildman–Crippen MR) is 86.7 cm³/mol. The molecule has 128 valence electrons. The maximum absolute atomic E-state index is 11.7. The molecule has 0 bridgehead atoms. The zero-order chi connectivity index (χ0) is 16.6. The highest BCUT2D eigenvalue weighted by atomic mass is 16.4. The summed E-state index contributed by atoms with van der Waals surface area (Å²) < 4.78 is 0. The maximum Gasteiger partial charge on any atom is 0.326 e. The van der Waals surface area contributed by atoms with Gasteiger partial charge >= 0.3 is 5.97 Å².